The van der Waals surface area contributed by atoms with E-state index in [1.165, 1.54) is 173 Å². The largest absolute Gasteiger partial charge is 0.334 e. The van der Waals surface area contributed by atoms with Crippen molar-refractivity contribution in [2.24, 2.45) is 0 Å². The number of benzene rings is 5. The molecule has 5 aromatic carbocycles. The molecule has 3 aliphatic heterocycles. The molecular weight excluding hydrogens is 711 g/mol. The van der Waals surface area contributed by atoms with Gasteiger partial charge >= 0.3 is 0 Å². The average molecular weight is 775 g/mol. The molecular formula is C56H63BN2. The van der Waals surface area contributed by atoms with Crippen LogP contribution in [0, 0.1) is 0 Å². The summed E-state index contributed by atoms with van der Waals surface area (Å²) >= 11 is 0. The summed E-state index contributed by atoms with van der Waals surface area (Å²) in [6, 6.07) is 40.3. The Morgan fingerprint density at radius 1 is 0.475 bits per heavy atom. The van der Waals surface area contributed by atoms with E-state index in [0.717, 1.165) is 0 Å². The average Bonchev–Trinajstić information content (AvgIpc) is 3.73. The Labute approximate surface area is 354 Å². The van der Waals surface area contributed by atoms with Gasteiger partial charge in [0.05, 0.1) is 5.54 Å². The van der Waals surface area contributed by atoms with Crippen LogP contribution in [0.25, 0.3) is 11.1 Å². The smallest absolute Gasteiger partial charge is 0.248 e. The number of fused-ring (bicyclic) bond motifs is 8. The lowest BCUT2D eigenvalue weighted by molar-refractivity contribution is 0.195. The first-order valence-corrected chi connectivity index (χ1v) is 24.3. The third kappa shape index (κ3) is 5.57. The van der Waals surface area contributed by atoms with Crippen LogP contribution in [-0.4, -0.2) is 12.3 Å². The van der Waals surface area contributed by atoms with Gasteiger partial charge in [0.1, 0.15) is 0 Å². The standard InChI is InChI=1S/C56H63BN2/c1-55-32-14-15-33-56(55,2)59(51-23-13-12-22-48(51)55)45-36-47-46-30-26-42(39-18-8-4-9-19-39)34-49(46)57-50-35-43(40-20-10-5-11-21-40)27-31-52(50)58(53(37-45)54(47)57)44-28-24-41(25-29-44)38-16-6-3-7-17-38/h12-13,22-31,34-40H,3-11,14-21,32-33H2,1-2H3. The minimum absolute atomic E-state index is 0.00944. The molecule has 0 radical (unpaired) electrons. The lowest BCUT2D eigenvalue weighted by Crippen LogP contribution is -2.56. The maximum atomic E-state index is 2.83. The van der Waals surface area contributed by atoms with Crippen LogP contribution >= 0.6 is 0 Å². The highest BCUT2D eigenvalue weighted by molar-refractivity contribution is 7.01. The van der Waals surface area contributed by atoms with Gasteiger partial charge in [0.15, 0.2) is 0 Å². The SMILES string of the molecule is CC12CCCCC1(C)N(c1cc3c4c(c1)N(c1ccc(C5CCCCC5)cc1)c1ccc(C5CCCCC5)cc1B4c1cc(C4CCCCC4)ccc1-3)c1ccccc12. The summed E-state index contributed by atoms with van der Waals surface area (Å²) in [5.41, 5.74) is 20.8. The predicted molar refractivity (Wildman–Crippen MR) is 252 cm³/mol. The predicted octanol–water partition coefficient (Wildman–Crippen LogP) is 13.9. The molecule has 12 rings (SSSR count). The summed E-state index contributed by atoms with van der Waals surface area (Å²) in [5, 5.41) is 0. The van der Waals surface area contributed by atoms with E-state index in [9.17, 15) is 0 Å². The van der Waals surface area contributed by atoms with Crippen LogP contribution in [0.15, 0.2) is 97.1 Å². The van der Waals surface area contributed by atoms with Crippen molar-refractivity contribution < 1.29 is 0 Å². The number of rotatable bonds is 5. The van der Waals surface area contributed by atoms with Crippen LogP contribution in [-0.2, 0) is 5.41 Å². The van der Waals surface area contributed by atoms with Crippen LogP contribution in [0.3, 0.4) is 0 Å². The number of nitrogens with zero attached hydrogens (tertiary/aromatic N) is 2. The maximum absolute atomic E-state index is 2.83. The molecule has 300 valence electrons. The lowest BCUT2D eigenvalue weighted by atomic mass is 9.37. The molecule has 3 heterocycles. The molecule has 4 aliphatic carbocycles. The molecule has 0 aromatic heterocycles. The number of hydrogen-bond acceptors (Lipinski definition) is 2. The summed E-state index contributed by atoms with van der Waals surface area (Å²) in [4.78, 5) is 5.54. The highest BCUT2D eigenvalue weighted by Crippen LogP contribution is 2.61. The van der Waals surface area contributed by atoms with E-state index in [2.05, 4.69) is 121 Å². The Morgan fingerprint density at radius 3 is 1.76 bits per heavy atom. The lowest BCUT2D eigenvalue weighted by Gasteiger charge is -2.50. The number of hydrogen-bond donors (Lipinski definition) is 0. The van der Waals surface area contributed by atoms with Gasteiger partial charge in [0, 0.05) is 33.9 Å². The highest BCUT2D eigenvalue weighted by atomic mass is 15.3. The van der Waals surface area contributed by atoms with Crippen LogP contribution in [0.2, 0.25) is 0 Å². The fourth-order valence-corrected chi connectivity index (χ4v) is 14.2. The minimum atomic E-state index is 0.00944. The molecule has 4 saturated carbocycles. The second-order valence-corrected chi connectivity index (χ2v) is 20.6. The Hall–Kier alpha value is -4.24. The monoisotopic (exact) mass is 775 g/mol. The van der Waals surface area contributed by atoms with Crippen molar-refractivity contribution in [1.82, 2.24) is 0 Å². The van der Waals surface area contributed by atoms with Gasteiger partial charge in [-0.1, -0.05) is 144 Å². The minimum Gasteiger partial charge on any atom is -0.334 e. The maximum Gasteiger partial charge on any atom is 0.248 e. The van der Waals surface area contributed by atoms with E-state index in [1.807, 2.05) is 0 Å². The molecule has 0 N–H and O–H groups in total. The first-order chi connectivity index (χ1) is 29.0. The second kappa shape index (κ2) is 14.2. The van der Waals surface area contributed by atoms with E-state index >= 15 is 0 Å². The van der Waals surface area contributed by atoms with Crippen LogP contribution < -0.4 is 26.2 Å². The van der Waals surface area contributed by atoms with Gasteiger partial charge in [-0.15, -0.1) is 0 Å². The van der Waals surface area contributed by atoms with Crippen molar-refractivity contribution in [1.29, 1.82) is 0 Å². The first-order valence-electron chi connectivity index (χ1n) is 24.3. The van der Waals surface area contributed by atoms with E-state index in [4.69, 9.17) is 0 Å². The zero-order valence-electron chi connectivity index (χ0n) is 35.9. The number of para-hydroxylation sites is 1. The molecule has 0 bridgehead atoms. The van der Waals surface area contributed by atoms with E-state index < -0.39 is 0 Å². The van der Waals surface area contributed by atoms with Crippen molar-refractivity contribution in [2.75, 3.05) is 9.80 Å². The van der Waals surface area contributed by atoms with Crippen molar-refractivity contribution in [3.05, 3.63) is 119 Å². The Morgan fingerprint density at radius 2 is 1.07 bits per heavy atom. The van der Waals surface area contributed by atoms with Gasteiger partial charge in [-0.25, -0.2) is 0 Å². The molecule has 0 amide bonds. The third-order valence-corrected chi connectivity index (χ3v) is 17.6. The van der Waals surface area contributed by atoms with Crippen LogP contribution in [0.4, 0.5) is 28.4 Å². The first kappa shape index (κ1) is 36.6. The van der Waals surface area contributed by atoms with Gasteiger partial charge in [-0.05, 0) is 157 Å². The third-order valence-electron chi connectivity index (χ3n) is 17.6. The molecule has 3 heteroatoms. The fourth-order valence-electron chi connectivity index (χ4n) is 14.2. The molecule has 59 heavy (non-hydrogen) atoms. The van der Waals surface area contributed by atoms with E-state index in [-0.39, 0.29) is 17.7 Å². The molecule has 0 spiro atoms. The Bertz CT molecular complexity index is 2410. The zero-order chi connectivity index (χ0) is 39.3. The molecule has 4 fully saturated rings. The highest BCUT2D eigenvalue weighted by Gasteiger charge is 2.58. The van der Waals surface area contributed by atoms with Crippen LogP contribution in [0.5, 0.6) is 0 Å². The normalized spacial score (nSPS) is 25.4. The topological polar surface area (TPSA) is 6.48 Å². The van der Waals surface area contributed by atoms with Crippen molar-refractivity contribution in [3.8, 4) is 11.1 Å². The van der Waals surface area contributed by atoms with E-state index in [1.54, 1.807) is 27.6 Å². The van der Waals surface area contributed by atoms with Gasteiger partial charge in [-0.2, -0.15) is 0 Å². The quantitative estimate of drug-likeness (QED) is 0.161. The summed E-state index contributed by atoms with van der Waals surface area (Å²) in [6.45, 7) is 5.44. The van der Waals surface area contributed by atoms with Gasteiger partial charge in [0.2, 0.25) is 6.71 Å². The fraction of sp³-hybridized carbons (Fsp3) is 0.464. The van der Waals surface area contributed by atoms with Crippen molar-refractivity contribution in [3.63, 3.8) is 0 Å². The van der Waals surface area contributed by atoms with E-state index in [0.29, 0.717) is 17.8 Å². The zero-order valence-corrected chi connectivity index (χ0v) is 35.9. The summed E-state index contributed by atoms with van der Waals surface area (Å²) < 4.78 is 0. The molecule has 2 unspecified atom stereocenters. The van der Waals surface area contributed by atoms with Crippen LogP contribution in [0.1, 0.15) is 176 Å². The molecule has 5 aromatic rings. The van der Waals surface area contributed by atoms with Crippen molar-refractivity contribution in [2.45, 2.75) is 165 Å². The summed E-state index contributed by atoms with van der Waals surface area (Å²) in [5.74, 6) is 2.07. The van der Waals surface area contributed by atoms with Crippen molar-refractivity contribution >= 4 is 51.5 Å². The Balaban J connectivity index is 1.09. The molecule has 0 saturated heterocycles. The molecule has 2 atom stereocenters. The second-order valence-electron chi connectivity index (χ2n) is 20.6. The van der Waals surface area contributed by atoms with Gasteiger partial charge in [0.25, 0.3) is 0 Å². The molecule has 2 nitrogen and oxygen atoms in total. The molecule has 7 aliphatic rings. The number of anilines is 5. The van der Waals surface area contributed by atoms with Gasteiger partial charge in [-0.3, -0.25) is 0 Å². The Kier molecular flexibility index (Phi) is 8.79. The van der Waals surface area contributed by atoms with Gasteiger partial charge < -0.3 is 9.80 Å². The summed E-state index contributed by atoms with van der Waals surface area (Å²) in [7, 11) is 0. The summed E-state index contributed by atoms with van der Waals surface area (Å²) in [6.07, 6.45) is 25.5.